The Balaban J connectivity index is 2.11. The third-order valence-corrected chi connectivity index (χ3v) is 6.50. The number of halogens is 1. The largest absolute Gasteiger partial charge is 0.380 e. The minimum Gasteiger partial charge on any atom is -0.380 e. The van der Waals surface area contributed by atoms with Crippen molar-refractivity contribution < 1.29 is 13.2 Å². The van der Waals surface area contributed by atoms with E-state index in [9.17, 15) is 8.42 Å². The molecule has 0 aromatic carbocycles. The van der Waals surface area contributed by atoms with E-state index in [4.69, 9.17) is 4.74 Å². The first kappa shape index (κ1) is 12.5. The Hall–Kier alpha value is 0.0500. The lowest BCUT2D eigenvalue weighted by Gasteiger charge is -2.22. The Labute approximate surface area is 107 Å². The van der Waals surface area contributed by atoms with Crippen LogP contribution in [-0.2, 0) is 14.8 Å². The Morgan fingerprint density at radius 3 is 2.94 bits per heavy atom. The Bertz CT molecular complexity index is 451. The van der Waals surface area contributed by atoms with E-state index in [0.717, 1.165) is 19.4 Å². The summed E-state index contributed by atoms with van der Waals surface area (Å²) < 4.78 is 32.8. The van der Waals surface area contributed by atoms with Gasteiger partial charge in [0.25, 0.3) is 10.0 Å². The second kappa shape index (κ2) is 5.14. The molecule has 16 heavy (non-hydrogen) atoms. The second-order valence-electron chi connectivity index (χ2n) is 3.59. The highest BCUT2D eigenvalue weighted by atomic mass is 79.9. The normalized spacial score (nSPS) is 22.2. The van der Waals surface area contributed by atoms with Crippen molar-refractivity contribution in [2.24, 2.45) is 0 Å². The quantitative estimate of drug-likeness (QED) is 0.924. The second-order valence-corrected chi connectivity index (χ2v) is 7.27. The molecule has 7 heteroatoms. The summed E-state index contributed by atoms with van der Waals surface area (Å²) in [4.78, 5) is 0. The summed E-state index contributed by atoms with van der Waals surface area (Å²) in [6.07, 6.45) is 1.74. The molecule has 1 unspecified atom stereocenters. The highest BCUT2D eigenvalue weighted by Crippen LogP contribution is 2.27. The van der Waals surface area contributed by atoms with Gasteiger partial charge in [-0.2, -0.15) is 0 Å². The summed E-state index contributed by atoms with van der Waals surface area (Å²) in [6.45, 7) is 1.18. The van der Waals surface area contributed by atoms with Crippen molar-refractivity contribution in [3.63, 3.8) is 0 Å². The van der Waals surface area contributed by atoms with E-state index in [-0.39, 0.29) is 6.04 Å². The van der Waals surface area contributed by atoms with E-state index in [0.29, 0.717) is 15.3 Å². The third-order valence-electron chi connectivity index (χ3n) is 2.31. The number of rotatable bonds is 3. The molecule has 1 aromatic rings. The maximum Gasteiger partial charge on any atom is 0.251 e. The molecule has 1 saturated heterocycles. The molecule has 1 fully saturated rings. The number of hydrogen-bond acceptors (Lipinski definition) is 4. The number of hydrogen-bond donors (Lipinski definition) is 1. The van der Waals surface area contributed by atoms with Gasteiger partial charge in [0.1, 0.15) is 4.21 Å². The Morgan fingerprint density at radius 2 is 2.38 bits per heavy atom. The summed E-state index contributed by atoms with van der Waals surface area (Å²) in [7, 11) is -3.41. The molecular weight excluding hydrogens is 314 g/mol. The molecule has 90 valence electrons. The minimum atomic E-state index is -3.41. The van der Waals surface area contributed by atoms with Crippen LogP contribution in [0.3, 0.4) is 0 Å². The molecule has 0 aliphatic carbocycles. The number of thiophene rings is 1. The highest BCUT2D eigenvalue weighted by Gasteiger charge is 2.24. The predicted octanol–water partition coefficient (Wildman–Crippen LogP) is 1.97. The van der Waals surface area contributed by atoms with E-state index in [1.165, 1.54) is 11.3 Å². The smallest absolute Gasteiger partial charge is 0.251 e. The molecule has 0 saturated carbocycles. The van der Waals surface area contributed by atoms with E-state index >= 15 is 0 Å². The first-order valence-corrected chi connectivity index (χ1v) is 8.08. The van der Waals surface area contributed by atoms with Gasteiger partial charge in [-0.15, -0.1) is 11.3 Å². The van der Waals surface area contributed by atoms with Crippen LogP contribution < -0.4 is 4.72 Å². The van der Waals surface area contributed by atoms with Crippen LogP contribution in [0, 0.1) is 0 Å². The fourth-order valence-corrected chi connectivity index (χ4v) is 5.19. The molecule has 1 aromatic heterocycles. The van der Waals surface area contributed by atoms with Crippen molar-refractivity contribution >= 4 is 37.3 Å². The van der Waals surface area contributed by atoms with Crippen molar-refractivity contribution in [3.8, 4) is 0 Å². The van der Waals surface area contributed by atoms with E-state index < -0.39 is 10.0 Å². The summed E-state index contributed by atoms with van der Waals surface area (Å²) in [5.74, 6) is 0. The summed E-state index contributed by atoms with van der Waals surface area (Å²) in [5.41, 5.74) is 0. The molecule has 0 amide bonds. The fourth-order valence-electron chi connectivity index (χ4n) is 1.58. The highest BCUT2D eigenvalue weighted by molar-refractivity contribution is 9.10. The lowest BCUT2D eigenvalue weighted by Crippen LogP contribution is -2.40. The molecule has 1 aliphatic rings. The van der Waals surface area contributed by atoms with E-state index in [2.05, 4.69) is 20.7 Å². The first-order chi connectivity index (χ1) is 7.59. The molecule has 2 rings (SSSR count). The molecule has 0 spiro atoms. The van der Waals surface area contributed by atoms with Gasteiger partial charge in [-0.3, -0.25) is 0 Å². The molecule has 4 nitrogen and oxygen atoms in total. The zero-order valence-corrected chi connectivity index (χ0v) is 11.7. The van der Waals surface area contributed by atoms with E-state index in [1.54, 1.807) is 11.4 Å². The van der Waals surface area contributed by atoms with Crippen molar-refractivity contribution in [2.75, 3.05) is 13.2 Å². The Morgan fingerprint density at radius 1 is 1.56 bits per heavy atom. The van der Waals surface area contributed by atoms with Crippen LogP contribution >= 0.6 is 27.3 Å². The van der Waals surface area contributed by atoms with Gasteiger partial charge in [0.15, 0.2) is 0 Å². The monoisotopic (exact) mass is 325 g/mol. The van der Waals surface area contributed by atoms with Crippen LogP contribution in [-0.4, -0.2) is 27.7 Å². The van der Waals surface area contributed by atoms with Gasteiger partial charge in [-0.1, -0.05) is 0 Å². The number of nitrogens with one attached hydrogen (secondary N) is 1. The zero-order chi connectivity index (χ0) is 11.6. The maximum absolute atomic E-state index is 12.0. The minimum absolute atomic E-state index is 0.104. The van der Waals surface area contributed by atoms with Crippen molar-refractivity contribution in [2.45, 2.75) is 23.1 Å². The SMILES string of the molecule is O=S(=O)(NC1CCCOC1)c1sccc1Br. The zero-order valence-electron chi connectivity index (χ0n) is 8.48. The van der Waals surface area contributed by atoms with Gasteiger partial charge in [0, 0.05) is 17.1 Å². The van der Waals surface area contributed by atoms with Crippen LogP contribution in [0.4, 0.5) is 0 Å². The van der Waals surface area contributed by atoms with Crippen molar-refractivity contribution in [1.82, 2.24) is 4.72 Å². The van der Waals surface area contributed by atoms with Gasteiger partial charge >= 0.3 is 0 Å². The van der Waals surface area contributed by atoms with Crippen molar-refractivity contribution in [1.29, 1.82) is 0 Å². The average Bonchev–Trinajstić information content (AvgIpc) is 2.66. The van der Waals surface area contributed by atoms with Crippen molar-refractivity contribution in [3.05, 3.63) is 15.9 Å². The van der Waals surface area contributed by atoms with Gasteiger partial charge in [0.2, 0.25) is 0 Å². The maximum atomic E-state index is 12.0. The van der Waals surface area contributed by atoms with Gasteiger partial charge in [0.05, 0.1) is 6.61 Å². The number of ether oxygens (including phenoxy) is 1. The van der Waals surface area contributed by atoms with Crippen LogP contribution in [0.25, 0.3) is 0 Å². The summed E-state index contributed by atoms with van der Waals surface area (Å²) in [6, 6.07) is 1.63. The molecule has 0 radical (unpaired) electrons. The Kier molecular flexibility index (Phi) is 4.01. The van der Waals surface area contributed by atoms with Gasteiger partial charge in [-0.05, 0) is 40.2 Å². The van der Waals surface area contributed by atoms with Gasteiger partial charge in [-0.25, -0.2) is 13.1 Å². The van der Waals surface area contributed by atoms with E-state index in [1.807, 2.05) is 0 Å². The van der Waals surface area contributed by atoms with Crippen LogP contribution in [0.1, 0.15) is 12.8 Å². The first-order valence-electron chi connectivity index (χ1n) is 4.92. The molecular formula is C9H12BrNO3S2. The summed E-state index contributed by atoms with van der Waals surface area (Å²) >= 11 is 4.43. The third kappa shape index (κ3) is 2.84. The molecule has 0 bridgehead atoms. The number of sulfonamides is 1. The van der Waals surface area contributed by atoms with Crippen LogP contribution in [0.5, 0.6) is 0 Å². The average molecular weight is 326 g/mol. The lowest BCUT2D eigenvalue weighted by molar-refractivity contribution is 0.0774. The van der Waals surface area contributed by atoms with Crippen LogP contribution in [0.15, 0.2) is 20.1 Å². The molecule has 1 atom stereocenters. The lowest BCUT2D eigenvalue weighted by atomic mass is 10.1. The van der Waals surface area contributed by atoms with Gasteiger partial charge < -0.3 is 4.74 Å². The molecule has 2 heterocycles. The summed E-state index contributed by atoms with van der Waals surface area (Å²) in [5, 5.41) is 1.75. The fraction of sp³-hybridized carbons (Fsp3) is 0.556. The van der Waals surface area contributed by atoms with Crippen LogP contribution in [0.2, 0.25) is 0 Å². The predicted molar refractivity (Wildman–Crippen MR) is 66.2 cm³/mol. The standard InChI is InChI=1S/C9H12BrNO3S2/c10-8-3-5-15-9(8)16(12,13)11-7-2-1-4-14-6-7/h3,5,7,11H,1-2,4,6H2. The molecule has 1 N–H and O–H groups in total. The molecule has 1 aliphatic heterocycles. The topological polar surface area (TPSA) is 55.4 Å².